The maximum atomic E-state index is 3.60. The molecule has 58 valence electrons. The van der Waals surface area contributed by atoms with Crippen LogP contribution in [0.3, 0.4) is 0 Å². The molecule has 0 N–H and O–H groups in total. The van der Waals surface area contributed by atoms with Crippen LogP contribution in [0.25, 0.3) is 0 Å². The molecule has 0 nitrogen and oxygen atoms in total. The van der Waals surface area contributed by atoms with Gasteiger partial charge in [0, 0.05) is 0 Å². The summed E-state index contributed by atoms with van der Waals surface area (Å²) in [7, 11) is 0. The third-order valence-electron chi connectivity index (χ3n) is 1.06. The number of hydrogen-bond acceptors (Lipinski definition) is 0. The van der Waals surface area contributed by atoms with Gasteiger partial charge in [0.1, 0.15) is 0 Å². The number of rotatable bonds is 3. The summed E-state index contributed by atoms with van der Waals surface area (Å²) in [4.78, 5) is 0. The van der Waals surface area contributed by atoms with E-state index < -0.39 is 0 Å². The Bertz CT molecular complexity index is 23.9. The van der Waals surface area contributed by atoms with Crippen molar-refractivity contribution < 1.29 is 18.9 Å². The fraction of sp³-hybridized carbons (Fsp3) is 0.889. The van der Waals surface area contributed by atoms with Crippen LogP contribution in [-0.4, -0.2) is 0 Å². The minimum Gasteiger partial charge on any atom is -0.343 e. The van der Waals surface area contributed by atoms with Crippen LogP contribution in [0.2, 0.25) is 0 Å². The van der Waals surface area contributed by atoms with Gasteiger partial charge in [-0.2, -0.15) is 6.42 Å². The van der Waals surface area contributed by atoms with E-state index >= 15 is 0 Å². The quantitative estimate of drug-likeness (QED) is 0.398. The van der Waals surface area contributed by atoms with Gasteiger partial charge in [-0.15, -0.1) is 0 Å². The van der Waals surface area contributed by atoms with Crippen molar-refractivity contribution >= 4 is 0 Å². The second-order valence-electron chi connectivity index (χ2n) is 2.21. The van der Waals surface area contributed by atoms with E-state index in [4.69, 9.17) is 0 Å². The first kappa shape index (κ1) is 16.9. The predicted octanol–water partition coefficient (Wildman–Crippen LogP) is 0.821. The Hall–Kier alpha value is 0.597. The average molecular weight is 136 g/mol. The Morgan fingerprint density at radius 3 is 1.20 bits per heavy atom. The summed E-state index contributed by atoms with van der Waals surface area (Å²) in [5.41, 5.74) is 0. The van der Waals surface area contributed by atoms with Gasteiger partial charge in [0.15, 0.2) is 0 Å². The fourth-order valence-corrected chi connectivity index (χ4v) is 0.354. The topological polar surface area (TPSA) is 0 Å². The number of unbranched alkanes of at least 4 members (excludes halogenated alkanes) is 3. The van der Waals surface area contributed by atoms with Crippen molar-refractivity contribution in [3.8, 4) is 0 Å². The van der Waals surface area contributed by atoms with Crippen LogP contribution in [0.5, 0.6) is 0 Å². The largest absolute Gasteiger partial charge is 1.00 e. The first-order chi connectivity index (χ1) is 4.33. The molecule has 0 aromatic carbocycles. The molecule has 0 saturated heterocycles. The molecule has 0 bridgehead atoms. The van der Waals surface area contributed by atoms with Gasteiger partial charge in [-0.1, -0.05) is 46.5 Å². The first-order valence-corrected chi connectivity index (χ1v) is 4.12. The Morgan fingerprint density at radius 1 is 0.900 bits per heavy atom. The van der Waals surface area contributed by atoms with E-state index in [0.717, 1.165) is 6.42 Å². The minimum absolute atomic E-state index is 0. The molecular formula is C9H21Li. The smallest absolute Gasteiger partial charge is 0.343 e. The molecule has 0 atom stereocenters. The van der Waals surface area contributed by atoms with Gasteiger partial charge < -0.3 is 6.92 Å². The van der Waals surface area contributed by atoms with Gasteiger partial charge in [0.2, 0.25) is 0 Å². The average Bonchev–Trinajstić information content (AvgIpc) is 1.91. The van der Waals surface area contributed by atoms with Gasteiger partial charge in [-0.25, -0.2) is 0 Å². The van der Waals surface area contributed by atoms with Gasteiger partial charge in [0.25, 0.3) is 0 Å². The second-order valence-corrected chi connectivity index (χ2v) is 2.21. The van der Waals surface area contributed by atoms with Crippen molar-refractivity contribution in [2.24, 2.45) is 0 Å². The minimum atomic E-state index is 0. The summed E-state index contributed by atoms with van der Waals surface area (Å²) in [6.45, 7) is 10.1. The fourth-order valence-electron chi connectivity index (χ4n) is 0.354. The van der Waals surface area contributed by atoms with E-state index in [1.165, 1.54) is 25.7 Å². The molecule has 0 rings (SSSR count). The first-order valence-electron chi connectivity index (χ1n) is 4.12. The normalized spacial score (nSPS) is 7.20. The van der Waals surface area contributed by atoms with Crippen LogP contribution in [0.15, 0.2) is 0 Å². The van der Waals surface area contributed by atoms with E-state index in [2.05, 4.69) is 27.7 Å². The van der Waals surface area contributed by atoms with Gasteiger partial charge in [0.05, 0.1) is 0 Å². The SMILES string of the molecule is CCCCC.[CH2-]CCC.[Li+]. The maximum Gasteiger partial charge on any atom is 1.00 e. The van der Waals surface area contributed by atoms with E-state index in [9.17, 15) is 0 Å². The van der Waals surface area contributed by atoms with Crippen molar-refractivity contribution in [2.75, 3.05) is 0 Å². The molecule has 0 aliphatic rings. The molecule has 10 heavy (non-hydrogen) atoms. The van der Waals surface area contributed by atoms with Crippen LogP contribution < -0.4 is 18.9 Å². The monoisotopic (exact) mass is 136 g/mol. The van der Waals surface area contributed by atoms with Crippen molar-refractivity contribution in [1.29, 1.82) is 0 Å². The molecule has 0 aliphatic heterocycles. The molecule has 0 radical (unpaired) electrons. The number of hydrogen-bond donors (Lipinski definition) is 0. The molecule has 1 heteroatoms. The van der Waals surface area contributed by atoms with Crippen LogP contribution in [0.4, 0.5) is 0 Å². The zero-order valence-corrected chi connectivity index (χ0v) is 8.24. The molecule has 0 fully saturated rings. The molecule has 0 spiro atoms. The Morgan fingerprint density at radius 2 is 1.20 bits per heavy atom. The maximum absolute atomic E-state index is 3.60. The van der Waals surface area contributed by atoms with E-state index in [0.29, 0.717) is 0 Å². The van der Waals surface area contributed by atoms with Crippen molar-refractivity contribution in [2.45, 2.75) is 52.9 Å². The summed E-state index contributed by atoms with van der Waals surface area (Å²) < 4.78 is 0. The van der Waals surface area contributed by atoms with Crippen LogP contribution in [-0.2, 0) is 0 Å². The Kier molecular flexibility index (Phi) is 38.3. The zero-order chi connectivity index (χ0) is 7.54. The molecule has 0 heterocycles. The van der Waals surface area contributed by atoms with E-state index in [1.807, 2.05) is 0 Å². The third kappa shape index (κ3) is 38.3. The molecule has 0 saturated carbocycles. The summed E-state index contributed by atoms with van der Waals surface area (Å²) >= 11 is 0. The van der Waals surface area contributed by atoms with Crippen molar-refractivity contribution in [3.05, 3.63) is 6.92 Å². The Labute approximate surface area is 79.0 Å². The molecule has 0 aromatic rings. The summed E-state index contributed by atoms with van der Waals surface area (Å²) in [6, 6.07) is 0. The van der Waals surface area contributed by atoms with Crippen molar-refractivity contribution in [1.82, 2.24) is 0 Å². The van der Waals surface area contributed by atoms with Gasteiger partial charge in [-0.05, 0) is 0 Å². The molecule has 0 unspecified atom stereocenters. The summed E-state index contributed by atoms with van der Waals surface area (Å²) in [6.07, 6.45) is 6.35. The Balaban J connectivity index is -0.0000000910. The van der Waals surface area contributed by atoms with Crippen molar-refractivity contribution in [3.63, 3.8) is 0 Å². The summed E-state index contributed by atoms with van der Waals surface area (Å²) in [5.74, 6) is 0. The van der Waals surface area contributed by atoms with Gasteiger partial charge in [-0.3, -0.25) is 0 Å². The van der Waals surface area contributed by atoms with Gasteiger partial charge >= 0.3 is 18.9 Å². The predicted molar refractivity (Wildman–Crippen MR) is 45.5 cm³/mol. The zero-order valence-electron chi connectivity index (χ0n) is 8.24. The van der Waals surface area contributed by atoms with E-state index in [-0.39, 0.29) is 18.9 Å². The molecular weight excluding hydrogens is 115 g/mol. The van der Waals surface area contributed by atoms with Crippen LogP contribution >= 0.6 is 0 Å². The summed E-state index contributed by atoms with van der Waals surface area (Å²) in [5, 5.41) is 0. The molecule has 0 aromatic heterocycles. The third-order valence-corrected chi connectivity index (χ3v) is 1.06. The molecule has 0 amide bonds. The standard InChI is InChI=1S/C5H12.C4H9.Li/c1-3-5-4-2;1-3-4-2;/h3-5H2,1-2H3;1,3-4H2,2H3;/q;-1;+1. The van der Waals surface area contributed by atoms with Crippen LogP contribution in [0.1, 0.15) is 52.9 Å². The molecule has 0 aliphatic carbocycles. The van der Waals surface area contributed by atoms with E-state index in [1.54, 1.807) is 0 Å². The van der Waals surface area contributed by atoms with Crippen LogP contribution in [0, 0.1) is 6.92 Å². The second kappa shape index (κ2) is 22.6.